The fraction of sp³-hybridized carbons (Fsp3) is 0.562. The first-order chi connectivity index (χ1) is 21.9. The number of aliphatic hydroxyl groups excluding tert-OH is 2. The summed E-state index contributed by atoms with van der Waals surface area (Å²) in [5.41, 5.74) is 1.54. The van der Waals surface area contributed by atoms with E-state index in [1.54, 1.807) is 12.1 Å². The number of hydrogen-bond donors (Lipinski definition) is 4. The van der Waals surface area contributed by atoms with Crippen LogP contribution in [0.25, 0.3) is 10.2 Å². The highest BCUT2D eigenvalue weighted by Gasteiger charge is 2.47. The number of amides is 1. The van der Waals surface area contributed by atoms with Crippen LogP contribution in [0.5, 0.6) is 0 Å². The molecule has 0 spiro atoms. The van der Waals surface area contributed by atoms with Gasteiger partial charge in [-0.3, -0.25) is 0 Å². The van der Waals surface area contributed by atoms with Crippen LogP contribution in [0, 0.1) is 11.8 Å². The maximum atomic E-state index is 14.1. The number of aromatic nitrogens is 1. The smallest absolute Gasteiger partial charge is 0.407 e. The van der Waals surface area contributed by atoms with Gasteiger partial charge in [-0.2, -0.15) is 4.31 Å². The van der Waals surface area contributed by atoms with Gasteiger partial charge in [0.25, 0.3) is 0 Å². The summed E-state index contributed by atoms with van der Waals surface area (Å²) >= 11 is 1.38. The lowest BCUT2D eigenvalue weighted by Gasteiger charge is -2.34. The Morgan fingerprint density at radius 1 is 1.13 bits per heavy atom. The monoisotopic (exact) mass is 676 g/mol. The van der Waals surface area contributed by atoms with Crippen molar-refractivity contribution in [3.05, 3.63) is 54.1 Å². The molecule has 0 saturated carbocycles. The molecule has 4 N–H and O–H groups in total. The van der Waals surface area contributed by atoms with Crippen molar-refractivity contribution in [1.29, 1.82) is 0 Å². The number of aliphatic hydroxyl groups is 2. The molecule has 14 heteroatoms. The van der Waals surface area contributed by atoms with E-state index in [0.29, 0.717) is 23.7 Å². The van der Waals surface area contributed by atoms with Gasteiger partial charge in [0.1, 0.15) is 6.10 Å². The Labute approximate surface area is 274 Å². The number of thiazole rings is 1. The SMILES string of the molecule is CC(C)CN(C[C@@H](O)[C@H](Cc1ccccc1)NC(=O)O[C@H]1CCO[C@H]2OCC(O)C21)S(=O)(=O)c1ccc2nc(NC(C)C)sc2c1. The van der Waals surface area contributed by atoms with Crippen molar-refractivity contribution in [1.82, 2.24) is 14.6 Å². The second-order valence-corrected chi connectivity index (χ2v) is 15.6. The standard InChI is InChI=1S/C32H44N4O8S2/c1-19(2)16-36(46(40,41)22-10-11-23-28(15-22)45-31(34-23)33-20(3)4)17-25(37)24(14-21-8-6-5-7-9-21)35-32(39)44-27-12-13-42-30-29(27)26(38)18-43-30/h5-11,15,19-20,24-27,29-30,37-38H,12-14,16-18H2,1-4H3,(H,33,34)(H,35,39)/t24-,25+,26?,27-,29?,30-/m0/s1. The van der Waals surface area contributed by atoms with Crippen molar-refractivity contribution in [2.75, 3.05) is 31.6 Å². The highest BCUT2D eigenvalue weighted by molar-refractivity contribution is 7.89. The average Bonchev–Trinajstić information content (AvgIpc) is 3.58. The zero-order chi connectivity index (χ0) is 33.0. The van der Waals surface area contributed by atoms with E-state index in [0.717, 1.165) is 10.3 Å². The van der Waals surface area contributed by atoms with Crippen LogP contribution in [-0.2, 0) is 30.7 Å². The number of anilines is 1. The van der Waals surface area contributed by atoms with Crippen molar-refractivity contribution < 1.29 is 37.6 Å². The predicted octanol–water partition coefficient (Wildman–Crippen LogP) is 3.58. The molecule has 2 aliphatic rings. The van der Waals surface area contributed by atoms with Crippen LogP contribution >= 0.6 is 11.3 Å². The predicted molar refractivity (Wildman–Crippen MR) is 175 cm³/mol. The van der Waals surface area contributed by atoms with E-state index in [2.05, 4.69) is 15.6 Å². The summed E-state index contributed by atoms with van der Waals surface area (Å²) in [6.07, 6.45) is -3.55. The zero-order valence-corrected chi connectivity index (χ0v) is 28.2. The minimum atomic E-state index is -4.04. The molecule has 2 aromatic carbocycles. The van der Waals surface area contributed by atoms with Gasteiger partial charge in [-0.05, 0) is 49.9 Å². The number of alkyl carbamates (subject to hydrolysis) is 1. The number of ether oxygens (including phenoxy) is 3. The Morgan fingerprint density at radius 3 is 2.61 bits per heavy atom. The lowest BCUT2D eigenvalue weighted by molar-refractivity contribution is -0.183. The molecule has 1 amide bonds. The first-order valence-electron chi connectivity index (χ1n) is 15.7. The number of nitrogens with one attached hydrogen (secondary N) is 2. The Balaban J connectivity index is 1.35. The van der Waals surface area contributed by atoms with Crippen LogP contribution < -0.4 is 10.6 Å². The number of nitrogens with zero attached hydrogens (tertiary/aromatic N) is 2. The molecule has 12 nitrogen and oxygen atoms in total. The molecule has 2 fully saturated rings. The van der Waals surface area contributed by atoms with Crippen LogP contribution in [-0.4, -0.2) is 97.0 Å². The molecule has 2 aliphatic heterocycles. The number of benzene rings is 2. The highest BCUT2D eigenvalue weighted by Crippen LogP contribution is 2.33. The van der Waals surface area contributed by atoms with E-state index in [9.17, 15) is 23.4 Å². The van der Waals surface area contributed by atoms with Crippen molar-refractivity contribution in [2.45, 2.75) is 82.1 Å². The number of hydrogen-bond acceptors (Lipinski definition) is 11. The third-order valence-electron chi connectivity index (χ3n) is 8.00. The van der Waals surface area contributed by atoms with Crippen LogP contribution in [0.3, 0.4) is 0 Å². The summed E-state index contributed by atoms with van der Waals surface area (Å²) in [6.45, 7) is 8.14. The van der Waals surface area contributed by atoms with Gasteiger partial charge in [-0.15, -0.1) is 0 Å². The summed E-state index contributed by atoms with van der Waals surface area (Å²) in [5.74, 6) is -0.556. The zero-order valence-electron chi connectivity index (χ0n) is 26.5. The molecule has 3 aromatic rings. The molecular weight excluding hydrogens is 633 g/mol. The Bertz CT molecular complexity index is 1570. The summed E-state index contributed by atoms with van der Waals surface area (Å²) in [7, 11) is -4.04. The highest BCUT2D eigenvalue weighted by atomic mass is 32.2. The average molecular weight is 677 g/mol. The van der Waals surface area contributed by atoms with Crippen molar-refractivity contribution in [2.24, 2.45) is 11.8 Å². The summed E-state index contributed by atoms with van der Waals surface area (Å²) in [6, 6.07) is 13.5. The van der Waals surface area contributed by atoms with E-state index in [4.69, 9.17) is 14.2 Å². The van der Waals surface area contributed by atoms with Crippen molar-refractivity contribution in [3.63, 3.8) is 0 Å². The molecule has 2 saturated heterocycles. The van der Waals surface area contributed by atoms with E-state index >= 15 is 0 Å². The second kappa shape index (κ2) is 14.9. The fourth-order valence-corrected chi connectivity index (χ4v) is 8.59. The number of carbonyl (C=O) groups is 1. The lowest BCUT2D eigenvalue weighted by Crippen LogP contribution is -2.52. The molecule has 252 valence electrons. The molecule has 2 unspecified atom stereocenters. The molecule has 0 bridgehead atoms. The molecular formula is C32H44N4O8S2. The van der Waals surface area contributed by atoms with Gasteiger partial charge in [0.2, 0.25) is 10.0 Å². The third kappa shape index (κ3) is 8.35. The van der Waals surface area contributed by atoms with Crippen molar-refractivity contribution in [3.8, 4) is 0 Å². The Hall–Kier alpha value is -2.85. The van der Waals surface area contributed by atoms with Crippen LogP contribution in [0.1, 0.15) is 39.7 Å². The topological polar surface area (TPSA) is 160 Å². The van der Waals surface area contributed by atoms with Gasteiger partial charge < -0.3 is 35.1 Å². The molecule has 0 radical (unpaired) electrons. The van der Waals surface area contributed by atoms with E-state index in [-0.39, 0.29) is 43.0 Å². The fourth-order valence-electron chi connectivity index (χ4n) is 5.82. The van der Waals surface area contributed by atoms with E-state index in [1.165, 1.54) is 21.7 Å². The van der Waals surface area contributed by atoms with Crippen molar-refractivity contribution >= 4 is 42.8 Å². The lowest BCUT2D eigenvalue weighted by atomic mass is 9.93. The Kier molecular flexibility index (Phi) is 11.2. The normalized spacial score (nSPS) is 23.1. The number of sulfonamides is 1. The van der Waals surface area contributed by atoms with Gasteiger partial charge >= 0.3 is 6.09 Å². The molecule has 3 heterocycles. The first kappa shape index (κ1) is 34.5. The molecule has 1 aromatic heterocycles. The quantitative estimate of drug-likeness (QED) is 0.211. The maximum Gasteiger partial charge on any atom is 0.407 e. The van der Waals surface area contributed by atoms with E-state index in [1.807, 2.05) is 58.0 Å². The van der Waals surface area contributed by atoms with Gasteiger partial charge in [-0.1, -0.05) is 55.5 Å². The van der Waals surface area contributed by atoms with E-state index < -0.39 is 52.7 Å². The van der Waals surface area contributed by atoms with Gasteiger partial charge in [0.15, 0.2) is 11.4 Å². The molecule has 5 rings (SSSR count). The van der Waals surface area contributed by atoms with Gasteiger partial charge in [0.05, 0.1) is 52.5 Å². The molecule has 6 atom stereocenters. The van der Waals surface area contributed by atoms with Crippen LogP contribution in [0.2, 0.25) is 0 Å². The largest absolute Gasteiger partial charge is 0.446 e. The third-order valence-corrected chi connectivity index (χ3v) is 10.8. The molecule has 0 aliphatic carbocycles. The number of fused-ring (bicyclic) bond motifs is 2. The number of carbonyl (C=O) groups excluding carboxylic acids is 1. The summed E-state index contributed by atoms with van der Waals surface area (Å²) < 4.78 is 46.9. The Morgan fingerprint density at radius 2 is 1.89 bits per heavy atom. The minimum absolute atomic E-state index is 0.0389. The first-order valence-corrected chi connectivity index (χ1v) is 17.9. The van der Waals surface area contributed by atoms with Gasteiger partial charge in [0, 0.05) is 25.6 Å². The van der Waals surface area contributed by atoms with Gasteiger partial charge in [-0.25, -0.2) is 18.2 Å². The summed E-state index contributed by atoms with van der Waals surface area (Å²) in [5, 5.41) is 28.7. The maximum absolute atomic E-state index is 14.1. The number of rotatable bonds is 13. The molecule has 46 heavy (non-hydrogen) atoms. The summed E-state index contributed by atoms with van der Waals surface area (Å²) in [4.78, 5) is 17.9. The van der Waals surface area contributed by atoms with Crippen LogP contribution in [0.4, 0.5) is 9.93 Å². The van der Waals surface area contributed by atoms with Crippen LogP contribution in [0.15, 0.2) is 53.4 Å². The second-order valence-electron chi connectivity index (χ2n) is 12.6. The minimum Gasteiger partial charge on any atom is -0.446 e.